The molecule has 0 spiro atoms. The van der Waals surface area contributed by atoms with Crippen LogP contribution in [0.2, 0.25) is 0 Å². The number of ether oxygens (including phenoxy) is 1. The molecule has 3 heterocycles. The van der Waals surface area contributed by atoms with E-state index in [0.29, 0.717) is 31.5 Å². The SMILES string of the molecule is Cc1noc([C@]23COC[C@H]2CN(C(=O)C2=CCCC2)C3)n1. The van der Waals surface area contributed by atoms with Crippen LogP contribution in [0.4, 0.5) is 0 Å². The average molecular weight is 289 g/mol. The van der Waals surface area contributed by atoms with E-state index in [1.807, 2.05) is 11.8 Å². The van der Waals surface area contributed by atoms with Crippen molar-refractivity contribution in [2.24, 2.45) is 5.92 Å². The molecule has 1 aliphatic carbocycles. The van der Waals surface area contributed by atoms with E-state index in [0.717, 1.165) is 31.4 Å². The summed E-state index contributed by atoms with van der Waals surface area (Å²) in [7, 11) is 0. The molecule has 0 saturated carbocycles. The Morgan fingerprint density at radius 2 is 2.43 bits per heavy atom. The molecule has 21 heavy (non-hydrogen) atoms. The number of aryl methyl sites for hydroxylation is 1. The zero-order valence-corrected chi connectivity index (χ0v) is 12.2. The maximum atomic E-state index is 12.6. The van der Waals surface area contributed by atoms with Gasteiger partial charge in [0.15, 0.2) is 5.82 Å². The fraction of sp³-hybridized carbons (Fsp3) is 0.667. The summed E-state index contributed by atoms with van der Waals surface area (Å²) in [5.41, 5.74) is 0.656. The van der Waals surface area contributed by atoms with Crippen LogP contribution in [0.25, 0.3) is 0 Å². The first kappa shape index (κ1) is 13.0. The van der Waals surface area contributed by atoms with E-state index in [2.05, 4.69) is 16.2 Å². The van der Waals surface area contributed by atoms with Crippen molar-refractivity contribution in [2.45, 2.75) is 31.6 Å². The van der Waals surface area contributed by atoms with Gasteiger partial charge in [0.25, 0.3) is 0 Å². The molecule has 0 N–H and O–H groups in total. The van der Waals surface area contributed by atoms with E-state index >= 15 is 0 Å². The van der Waals surface area contributed by atoms with E-state index < -0.39 is 0 Å². The predicted octanol–water partition coefficient (Wildman–Crippen LogP) is 1.21. The molecule has 2 aliphatic heterocycles. The quantitative estimate of drug-likeness (QED) is 0.818. The molecule has 0 bridgehead atoms. The molecule has 0 aromatic carbocycles. The van der Waals surface area contributed by atoms with Gasteiger partial charge in [0.2, 0.25) is 11.8 Å². The van der Waals surface area contributed by atoms with Crippen LogP contribution in [0.3, 0.4) is 0 Å². The third-order valence-electron chi connectivity index (χ3n) is 4.93. The summed E-state index contributed by atoms with van der Waals surface area (Å²) in [6.07, 6.45) is 5.10. The number of carbonyl (C=O) groups excluding carboxylic acids is 1. The van der Waals surface area contributed by atoms with Crippen molar-refractivity contribution in [1.29, 1.82) is 0 Å². The van der Waals surface area contributed by atoms with Crippen LogP contribution in [-0.2, 0) is 14.9 Å². The second-order valence-corrected chi connectivity index (χ2v) is 6.32. The minimum atomic E-state index is -0.309. The topological polar surface area (TPSA) is 68.5 Å². The smallest absolute Gasteiger partial charge is 0.249 e. The number of aromatic nitrogens is 2. The molecule has 0 unspecified atom stereocenters. The van der Waals surface area contributed by atoms with Crippen LogP contribution < -0.4 is 0 Å². The second-order valence-electron chi connectivity index (χ2n) is 6.32. The first-order valence-corrected chi connectivity index (χ1v) is 7.56. The largest absolute Gasteiger partial charge is 0.380 e. The molecule has 6 heteroatoms. The van der Waals surface area contributed by atoms with Crippen LogP contribution in [0.5, 0.6) is 0 Å². The summed E-state index contributed by atoms with van der Waals surface area (Å²) in [5.74, 6) is 1.69. The minimum absolute atomic E-state index is 0.178. The Hall–Kier alpha value is -1.69. The van der Waals surface area contributed by atoms with Gasteiger partial charge in [-0.25, -0.2) is 0 Å². The van der Waals surface area contributed by atoms with Gasteiger partial charge in [0.1, 0.15) is 0 Å². The van der Waals surface area contributed by atoms with Crippen molar-refractivity contribution < 1.29 is 14.1 Å². The van der Waals surface area contributed by atoms with Crippen LogP contribution >= 0.6 is 0 Å². The van der Waals surface area contributed by atoms with Crippen molar-refractivity contribution in [3.8, 4) is 0 Å². The Bertz CT molecular complexity index is 609. The summed E-state index contributed by atoms with van der Waals surface area (Å²) in [5, 5.41) is 3.91. The number of nitrogens with zero attached hydrogens (tertiary/aromatic N) is 3. The minimum Gasteiger partial charge on any atom is -0.380 e. The van der Waals surface area contributed by atoms with Crippen LogP contribution in [0.1, 0.15) is 31.0 Å². The third kappa shape index (κ3) is 1.92. The normalized spacial score (nSPS) is 31.6. The lowest BCUT2D eigenvalue weighted by Crippen LogP contribution is -2.37. The van der Waals surface area contributed by atoms with Crippen molar-refractivity contribution in [2.75, 3.05) is 26.3 Å². The molecule has 3 aliphatic rings. The number of carbonyl (C=O) groups is 1. The summed E-state index contributed by atoms with van der Waals surface area (Å²) in [6, 6.07) is 0. The van der Waals surface area contributed by atoms with Crippen molar-refractivity contribution >= 4 is 5.91 Å². The molecule has 2 saturated heterocycles. The molecule has 6 nitrogen and oxygen atoms in total. The zero-order chi connectivity index (χ0) is 14.4. The molecule has 2 atom stereocenters. The molecule has 1 aromatic rings. The van der Waals surface area contributed by atoms with Gasteiger partial charge in [-0.3, -0.25) is 4.79 Å². The third-order valence-corrected chi connectivity index (χ3v) is 4.93. The number of likely N-dealkylation sites (tertiary alicyclic amines) is 1. The molecular formula is C15H19N3O3. The summed E-state index contributed by atoms with van der Waals surface area (Å²) in [4.78, 5) is 19.0. The van der Waals surface area contributed by atoms with Crippen molar-refractivity contribution in [1.82, 2.24) is 15.0 Å². The molecule has 4 rings (SSSR count). The predicted molar refractivity (Wildman–Crippen MR) is 73.5 cm³/mol. The average Bonchev–Trinajstić information content (AvgIpc) is 3.21. The van der Waals surface area contributed by atoms with Gasteiger partial charge in [0.05, 0.1) is 18.6 Å². The van der Waals surface area contributed by atoms with E-state index in [9.17, 15) is 4.79 Å². The number of fused-ring (bicyclic) bond motifs is 1. The van der Waals surface area contributed by atoms with Crippen LogP contribution in [-0.4, -0.2) is 47.3 Å². The Kier molecular flexibility index (Phi) is 2.89. The standard InChI is InChI=1S/C15H19N3O3/c1-10-16-14(21-17-10)15-8-18(6-12(15)7-20-9-15)13(19)11-4-2-3-5-11/h4,12H,2-3,5-9H2,1H3/t12-,15-/m1/s1. The van der Waals surface area contributed by atoms with Gasteiger partial charge < -0.3 is 14.2 Å². The van der Waals surface area contributed by atoms with E-state index in [4.69, 9.17) is 9.26 Å². The molecule has 1 amide bonds. The van der Waals surface area contributed by atoms with Gasteiger partial charge >= 0.3 is 0 Å². The van der Waals surface area contributed by atoms with Crippen LogP contribution in [0.15, 0.2) is 16.2 Å². The van der Waals surface area contributed by atoms with Crippen LogP contribution in [0, 0.1) is 12.8 Å². The zero-order valence-electron chi connectivity index (χ0n) is 12.2. The van der Waals surface area contributed by atoms with E-state index in [1.54, 1.807) is 0 Å². The number of rotatable bonds is 2. The number of amides is 1. The van der Waals surface area contributed by atoms with Gasteiger partial charge in [-0.15, -0.1) is 0 Å². The molecule has 112 valence electrons. The Labute approximate surface area is 123 Å². The lowest BCUT2D eigenvalue weighted by Gasteiger charge is -2.23. The second kappa shape index (κ2) is 4.66. The number of hydrogen-bond donors (Lipinski definition) is 0. The lowest BCUT2D eigenvalue weighted by atomic mass is 9.81. The summed E-state index contributed by atoms with van der Waals surface area (Å²) in [6.45, 7) is 4.37. The summed E-state index contributed by atoms with van der Waals surface area (Å²) >= 11 is 0. The molecule has 0 radical (unpaired) electrons. The number of hydrogen-bond acceptors (Lipinski definition) is 5. The molecule has 1 aromatic heterocycles. The summed E-state index contributed by atoms with van der Waals surface area (Å²) < 4.78 is 11.1. The number of allylic oxidation sites excluding steroid dienone is 1. The van der Waals surface area contributed by atoms with E-state index in [1.165, 1.54) is 0 Å². The highest BCUT2D eigenvalue weighted by atomic mass is 16.5. The van der Waals surface area contributed by atoms with Crippen molar-refractivity contribution in [3.05, 3.63) is 23.4 Å². The first-order chi connectivity index (χ1) is 10.2. The highest BCUT2D eigenvalue weighted by molar-refractivity contribution is 5.94. The maximum Gasteiger partial charge on any atom is 0.249 e. The monoisotopic (exact) mass is 289 g/mol. The van der Waals surface area contributed by atoms with Crippen molar-refractivity contribution in [3.63, 3.8) is 0 Å². The first-order valence-electron chi connectivity index (χ1n) is 7.56. The molecule has 2 fully saturated rings. The Morgan fingerprint density at radius 1 is 1.52 bits per heavy atom. The Morgan fingerprint density at radius 3 is 3.14 bits per heavy atom. The van der Waals surface area contributed by atoms with E-state index in [-0.39, 0.29) is 17.2 Å². The lowest BCUT2D eigenvalue weighted by molar-refractivity contribution is -0.126. The maximum absolute atomic E-state index is 12.6. The fourth-order valence-electron chi connectivity index (χ4n) is 3.76. The highest BCUT2D eigenvalue weighted by Gasteiger charge is 2.56. The van der Waals surface area contributed by atoms with Gasteiger partial charge in [-0.1, -0.05) is 11.2 Å². The van der Waals surface area contributed by atoms with Gasteiger partial charge in [-0.05, 0) is 26.2 Å². The highest BCUT2D eigenvalue weighted by Crippen LogP contribution is 2.43. The molecular weight excluding hydrogens is 270 g/mol. The van der Waals surface area contributed by atoms with Gasteiger partial charge in [0, 0.05) is 24.6 Å². The van der Waals surface area contributed by atoms with Gasteiger partial charge in [-0.2, -0.15) is 4.98 Å². The fourth-order valence-corrected chi connectivity index (χ4v) is 3.76. The Balaban J connectivity index is 1.61.